The van der Waals surface area contributed by atoms with Crippen LogP contribution in [0.4, 0.5) is 0 Å². The number of nitrogens with one attached hydrogen (secondary N) is 1. The molecule has 0 fully saturated rings. The number of ether oxygens (including phenoxy) is 1. The number of hydrogen-bond donors (Lipinski definition) is 1. The van der Waals surface area contributed by atoms with E-state index in [2.05, 4.69) is 10.1 Å². The minimum absolute atomic E-state index is 0.0952. The molecule has 0 bridgehead atoms. The van der Waals surface area contributed by atoms with Crippen molar-refractivity contribution in [2.24, 2.45) is 0 Å². The van der Waals surface area contributed by atoms with Crippen LogP contribution < -0.4 is 10.3 Å². The number of rotatable bonds is 4. The fourth-order valence-corrected chi connectivity index (χ4v) is 2.20. The third-order valence-electron chi connectivity index (χ3n) is 3.20. The normalized spacial score (nSPS) is 10.5. The Morgan fingerprint density at radius 3 is 2.90 bits per heavy atom. The molecule has 0 aliphatic carbocycles. The van der Waals surface area contributed by atoms with Crippen LogP contribution in [-0.2, 0) is 6.42 Å². The molecule has 0 unspecified atom stereocenters. The number of aromatic nitrogens is 3. The van der Waals surface area contributed by atoms with Crippen LogP contribution in [0.3, 0.4) is 0 Å². The summed E-state index contributed by atoms with van der Waals surface area (Å²) in [6.07, 6.45) is 4.16. The molecule has 0 atom stereocenters. The van der Waals surface area contributed by atoms with Gasteiger partial charge in [-0.25, -0.2) is 4.68 Å². The van der Waals surface area contributed by atoms with Crippen LogP contribution in [0.25, 0.3) is 5.69 Å². The summed E-state index contributed by atoms with van der Waals surface area (Å²) in [4.78, 5) is 16.2. The number of pyridine rings is 1. The van der Waals surface area contributed by atoms with Gasteiger partial charge in [0.25, 0.3) is 5.56 Å². The smallest absolute Gasteiger partial charge is 0.271 e. The van der Waals surface area contributed by atoms with Crippen molar-refractivity contribution in [1.82, 2.24) is 14.8 Å². The van der Waals surface area contributed by atoms with Crippen LogP contribution in [-0.4, -0.2) is 21.9 Å². The molecule has 3 aromatic rings. The van der Waals surface area contributed by atoms with Gasteiger partial charge in [-0.2, -0.15) is 0 Å². The maximum Gasteiger partial charge on any atom is 0.271 e. The first-order valence-electron chi connectivity index (χ1n) is 6.60. The average Bonchev–Trinajstić information content (AvgIpc) is 2.89. The van der Waals surface area contributed by atoms with Gasteiger partial charge in [0, 0.05) is 36.6 Å². The summed E-state index contributed by atoms with van der Waals surface area (Å²) < 4.78 is 6.69. The first-order valence-corrected chi connectivity index (χ1v) is 6.60. The number of aromatic amines is 1. The zero-order valence-corrected chi connectivity index (χ0v) is 11.6. The lowest BCUT2D eigenvalue weighted by atomic mass is 10.2. The van der Waals surface area contributed by atoms with Crippen LogP contribution in [0.5, 0.6) is 5.75 Å². The molecule has 1 N–H and O–H groups in total. The maximum atomic E-state index is 12.1. The van der Waals surface area contributed by atoms with Crippen LogP contribution in [0.15, 0.2) is 59.7 Å². The summed E-state index contributed by atoms with van der Waals surface area (Å²) in [5, 5.41) is 3.12. The number of nitrogens with zero attached hydrogens (tertiary/aromatic N) is 2. The first kappa shape index (κ1) is 13.2. The molecule has 3 rings (SSSR count). The van der Waals surface area contributed by atoms with Crippen LogP contribution in [0.1, 0.15) is 11.3 Å². The fourth-order valence-electron chi connectivity index (χ4n) is 2.20. The lowest BCUT2D eigenvalue weighted by molar-refractivity contribution is 0.414. The van der Waals surface area contributed by atoms with Crippen molar-refractivity contribution < 1.29 is 4.74 Å². The van der Waals surface area contributed by atoms with Crippen molar-refractivity contribution in [3.8, 4) is 11.4 Å². The molecule has 1 aromatic carbocycles. The molecular weight excluding hydrogens is 266 g/mol. The Morgan fingerprint density at radius 1 is 1.24 bits per heavy atom. The van der Waals surface area contributed by atoms with Crippen LogP contribution in [0, 0.1) is 0 Å². The van der Waals surface area contributed by atoms with Gasteiger partial charge < -0.3 is 4.74 Å². The first-order chi connectivity index (χ1) is 10.3. The second-order valence-corrected chi connectivity index (χ2v) is 4.69. The zero-order valence-electron chi connectivity index (χ0n) is 11.6. The molecule has 0 saturated heterocycles. The van der Waals surface area contributed by atoms with E-state index in [1.807, 2.05) is 36.4 Å². The highest BCUT2D eigenvalue weighted by Gasteiger charge is 2.06. The number of H-pyrrole nitrogens is 1. The number of benzene rings is 1. The predicted octanol–water partition coefficient (Wildman–Crippen LogP) is 2.16. The van der Waals surface area contributed by atoms with Gasteiger partial charge in [0.15, 0.2) is 0 Å². The maximum absolute atomic E-state index is 12.1. The van der Waals surface area contributed by atoms with E-state index >= 15 is 0 Å². The Balaban J connectivity index is 1.92. The summed E-state index contributed by atoms with van der Waals surface area (Å²) in [5.74, 6) is 0.711. The SMILES string of the molecule is COc1cccc(-n2[nH]c(Cc3cccnc3)cc2=O)c1. The fraction of sp³-hybridized carbons (Fsp3) is 0.125. The zero-order chi connectivity index (χ0) is 14.7. The molecule has 2 aromatic heterocycles. The van der Waals surface area contributed by atoms with Crippen LogP contribution in [0.2, 0.25) is 0 Å². The average molecular weight is 281 g/mol. The van der Waals surface area contributed by atoms with E-state index in [1.54, 1.807) is 25.6 Å². The molecule has 0 spiro atoms. The monoisotopic (exact) mass is 281 g/mol. The summed E-state index contributed by atoms with van der Waals surface area (Å²) in [5.41, 5.74) is 2.55. The molecule has 2 heterocycles. The van der Waals surface area contributed by atoms with Crippen molar-refractivity contribution in [2.45, 2.75) is 6.42 Å². The van der Waals surface area contributed by atoms with E-state index in [-0.39, 0.29) is 5.56 Å². The molecular formula is C16H15N3O2. The van der Waals surface area contributed by atoms with Gasteiger partial charge in [0.1, 0.15) is 5.75 Å². The lowest BCUT2D eigenvalue weighted by Crippen LogP contribution is -2.13. The standard InChI is InChI=1S/C16H15N3O2/c1-21-15-6-2-5-14(10-15)19-16(20)9-13(18-19)8-12-4-3-7-17-11-12/h2-7,9-11,18H,8H2,1H3. The lowest BCUT2D eigenvalue weighted by Gasteiger charge is -2.05. The van der Waals surface area contributed by atoms with E-state index in [1.165, 1.54) is 4.68 Å². The third-order valence-corrected chi connectivity index (χ3v) is 3.20. The second-order valence-electron chi connectivity index (χ2n) is 4.69. The molecule has 106 valence electrons. The molecule has 21 heavy (non-hydrogen) atoms. The van der Waals surface area contributed by atoms with E-state index in [4.69, 9.17) is 4.74 Å². The predicted molar refractivity (Wildman–Crippen MR) is 80.0 cm³/mol. The topological polar surface area (TPSA) is 59.9 Å². The Hall–Kier alpha value is -2.82. The van der Waals surface area contributed by atoms with Gasteiger partial charge >= 0.3 is 0 Å². The van der Waals surface area contributed by atoms with Crippen molar-refractivity contribution in [3.05, 3.63) is 76.5 Å². The minimum atomic E-state index is -0.0952. The highest BCUT2D eigenvalue weighted by atomic mass is 16.5. The summed E-state index contributed by atoms with van der Waals surface area (Å²) in [6, 6.07) is 12.8. The van der Waals surface area contributed by atoms with E-state index < -0.39 is 0 Å². The van der Waals surface area contributed by atoms with E-state index in [0.717, 1.165) is 16.9 Å². The summed E-state index contributed by atoms with van der Waals surface area (Å²) >= 11 is 0. The summed E-state index contributed by atoms with van der Waals surface area (Å²) in [6.45, 7) is 0. The van der Waals surface area contributed by atoms with Gasteiger partial charge in [-0.05, 0) is 23.8 Å². The van der Waals surface area contributed by atoms with Gasteiger partial charge in [0.05, 0.1) is 12.8 Å². The largest absolute Gasteiger partial charge is 0.497 e. The Morgan fingerprint density at radius 2 is 2.14 bits per heavy atom. The quantitative estimate of drug-likeness (QED) is 0.797. The third kappa shape index (κ3) is 2.86. The molecule has 0 aliphatic rings. The van der Waals surface area contributed by atoms with Crippen molar-refractivity contribution in [1.29, 1.82) is 0 Å². The van der Waals surface area contributed by atoms with Gasteiger partial charge in [-0.15, -0.1) is 0 Å². The van der Waals surface area contributed by atoms with E-state index in [9.17, 15) is 4.79 Å². The minimum Gasteiger partial charge on any atom is -0.497 e. The Bertz CT molecular complexity index is 791. The van der Waals surface area contributed by atoms with Gasteiger partial charge in [-0.3, -0.25) is 14.9 Å². The Labute approximate surface area is 121 Å². The van der Waals surface area contributed by atoms with E-state index in [0.29, 0.717) is 12.2 Å². The Kier molecular flexibility index (Phi) is 3.55. The van der Waals surface area contributed by atoms with Gasteiger partial charge in [0.2, 0.25) is 0 Å². The number of methoxy groups -OCH3 is 1. The highest BCUT2D eigenvalue weighted by molar-refractivity contribution is 5.38. The molecule has 0 saturated carbocycles. The molecule has 0 amide bonds. The van der Waals surface area contributed by atoms with Crippen molar-refractivity contribution in [2.75, 3.05) is 7.11 Å². The van der Waals surface area contributed by atoms with Crippen molar-refractivity contribution in [3.63, 3.8) is 0 Å². The number of hydrogen-bond acceptors (Lipinski definition) is 3. The molecule has 0 aliphatic heterocycles. The molecule has 5 heteroatoms. The second kappa shape index (κ2) is 5.66. The molecule has 0 radical (unpaired) electrons. The van der Waals surface area contributed by atoms with Crippen molar-refractivity contribution >= 4 is 0 Å². The van der Waals surface area contributed by atoms with Crippen LogP contribution >= 0.6 is 0 Å². The summed E-state index contributed by atoms with van der Waals surface area (Å²) in [7, 11) is 1.60. The highest BCUT2D eigenvalue weighted by Crippen LogP contribution is 2.15. The molecule has 5 nitrogen and oxygen atoms in total. The van der Waals surface area contributed by atoms with Gasteiger partial charge in [-0.1, -0.05) is 12.1 Å².